The number of carbonyl (C=O) groups is 1. The van der Waals surface area contributed by atoms with Gasteiger partial charge < -0.3 is 55.7 Å². The highest BCUT2D eigenvalue weighted by Gasteiger charge is 2.47. The monoisotopic (exact) mass is 473 g/mol. The van der Waals surface area contributed by atoms with E-state index < -0.39 is 79.7 Å². The molecule has 1 amide bonds. The lowest BCUT2D eigenvalue weighted by Gasteiger charge is -2.43. The van der Waals surface area contributed by atoms with Gasteiger partial charge in [-0.1, -0.05) is 30.3 Å². The molecule has 186 valence electrons. The van der Waals surface area contributed by atoms with Gasteiger partial charge in [-0.05, 0) is 12.0 Å². The van der Waals surface area contributed by atoms with Crippen LogP contribution in [0.5, 0.6) is 0 Å². The van der Waals surface area contributed by atoms with Crippen LogP contribution in [0.3, 0.4) is 0 Å². The van der Waals surface area contributed by atoms with Crippen LogP contribution in [0.1, 0.15) is 18.1 Å². The molecule has 1 aromatic rings. The molecule has 12 heteroatoms. The number of ether oxygens (including phenoxy) is 3. The van der Waals surface area contributed by atoms with Crippen molar-refractivity contribution < 1.29 is 54.8 Å². The fourth-order valence-corrected chi connectivity index (χ4v) is 4.12. The lowest BCUT2D eigenvalue weighted by Crippen LogP contribution is -2.60. The fourth-order valence-electron chi connectivity index (χ4n) is 4.12. The molecule has 0 radical (unpaired) electrons. The normalized spacial score (nSPS) is 40.3. The zero-order chi connectivity index (χ0) is 24.3. The summed E-state index contributed by atoms with van der Waals surface area (Å²) in [5, 5.41) is 70.2. The van der Waals surface area contributed by atoms with Crippen LogP contribution in [0.2, 0.25) is 0 Å². The first-order chi connectivity index (χ1) is 15.6. The maximum Gasteiger partial charge on any atom is 0.251 e. The maximum atomic E-state index is 12.0. The van der Waals surface area contributed by atoms with Gasteiger partial charge in [0.2, 0.25) is 0 Å². The molecule has 11 atom stereocenters. The van der Waals surface area contributed by atoms with Crippen LogP contribution in [0.15, 0.2) is 30.3 Å². The van der Waals surface area contributed by atoms with Gasteiger partial charge in [-0.15, -0.1) is 0 Å². The molecule has 0 aromatic heterocycles. The minimum absolute atomic E-state index is 0.0482. The number of primary amides is 1. The SMILES string of the molecule is NC(=O)C(O[C@@H]1C[C@H](CO[C@@H]2O[C@H](CO)[C@@H](O)[C@H](O)[C@H]2O)[C@@H](O)[C@H](O)[C@H]1O)c1ccccc1. The molecule has 1 saturated carbocycles. The van der Waals surface area contributed by atoms with Gasteiger partial charge in [0.25, 0.3) is 5.91 Å². The summed E-state index contributed by atoms with van der Waals surface area (Å²) < 4.78 is 16.5. The second-order valence-electron chi connectivity index (χ2n) is 8.37. The van der Waals surface area contributed by atoms with Crippen LogP contribution in [0.4, 0.5) is 0 Å². The van der Waals surface area contributed by atoms with E-state index in [-0.39, 0.29) is 13.0 Å². The largest absolute Gasteiger partial charge is 0.394 e. The number of rotatable bonds is 8. The molecule has 1 saturated heterocycles. The zero-order valence-electron chi connectivity index (χ0n) is 17.7. The first kappa shape index (κ1) is 25.9. The second-order valence-corrected chi connectivity index (χ2v) is 8.37. The van der Waals surface area contributed by atoms with Crippen LogP contribution in [-0.4, -0.2) is 110 Å². The molecule has 1 aliphatic carbocycles. The zero-order valence-corrected chi connectivity index (χ0v) is 17.7. The molecule has 0 spiro atoms. The number of aliphatic hydroxyl groups is 7. The van der Waals surface area contributed by atoms with E-state index in [0.29, 0.717) is 5.56 Å². The Labute approximate surface area is 189 Å². The van der Waals surface area contributed by atoms with Crippen molar-refractivity contribution in [2.45, 2.75) is 67.6 Å². The summed E-state index contributed by atoms with van der Waals surface area (Å²) in [7, 11) is 0. The van der Waals surface area contributed by atoms with E-state index >= 15 is 0 Å². The highest BCUT2D eigenvalue weighted by atomic mass is 16.7. The molecule has 2 aliphatic rings. The number of hydrogen-bond donors (Lipinski definition) is 8. The molecule has 12 nitrogen and oxygen atoms in total. The molecule has 9 N–H and O–H groups in total. The molecular formula is C21H31NO11. The van der Waals surface area contributed by atoms with Gasteiger partial charge in [-0.2, -0.15) is 0 Å². The summed E-state index contributed by atoms with van der Waals surface area (Å²) in [5.41, 5.74) is 5.91. The van der Waals surface area contributed by atoms with Crippen molar-refractivity contribution in [1.82, 2.24) is 0 Å². The third-order valence-electron chi connectivity index (χ3n) is 6.09. The quantitative estimate of drug-likeness (QED) is 0.186. The van der Waals surface area contributed by atoms with E-state index in [9.17, 15) is 40.5 Å². The van der Waals surface area contributed by atoms with E-state index in [0.717, 1.165) is 0 Å². The highest BCUT2D eigenvalue weighted by molar-refractivity contribution is 5.80. The van der Waals surface area contributed by atoms with Crippen molar-refractivity contribution in [3.8, 4) is 0 Å². The smallest absolute Gasteiger partial charge is 0.251 e. The number of amides is 1. The van der Waals surface area contributed by atoms with Crippen LogP contribution < -0.4 is 5.73 Å². The number of nitrogens with two attached hydrogens (primary N) is 1. The van der Waals surface area contributed by atoms with Gasteiger partial charge in [-0.25, -0.2) is 0 Å². The maximum absolute atomic E-state index is 12.0. The van der Waals surface area contributed by atoms with Crippen molar-refractivity contribution in [2.24, 2.45) is 11.7 Å². The Hall–Kier alpha value is -1.71. The predicted octanol–water partition coefficient (Wildman–Crippen LogP) is -3.48. The molecule has 0 bridgehead atoms. The Morgan fingerprint density at radius 3 is 2.21 bits per heavy atom. The Morgan fingerprint density at radius 2 is 1.61 bits per heavy atom. The molecule has 33 heavy (non-hydrogen) atoms. The third kappa shape index (κ3) is 5.69. The lowest BCUT2D eigenvalue weighted by atomic mass is 9.81. The van der Waals surface area contributed by atoms with Gasteiger partial charge >= 0.3 is 0 Å². The number of benzene rings is 1. The van der Waals surface area contributed by atoms with Crippen molar-refractivity contribution in [3.05, 3.63) is 35.9 Å². The van der Waals surface area contributed by atoms with Gasteiger partial charge in [0.15, 0.2) is 12.4 Å². The molecule has 1 unspecified atom stereocenters. The first-order valence-corrected chi connectivity index (χ1v) is 10.6. The Kier molecular flexibility index (Phi) is 8.75. The van der Waals surface area contributed by atoms with Crippen molar-refractivity contribution >= 4 is 5.91 Å². The molecule has 1 aromatic carbocycles. The third-order valence-corrected chi connectivity index (χ3v) is 6.09. The van der Waals surface area contributed by atoms with Crippen molar-refractivity contribution in [1.29, 1.82) is 0 Å². The molecule has 2 fully saturated rings. The second kappa shape index (κ2) is 11.1. The summed E-state index contributed by atoms with van der Waals surface area (Å²) in [6, 6.07) is 8.35. The average Bonchev–Trinajstić information content (AvgIpc) is 2.81. The van der Waals surface area contributed by atoms with Crippen LogP contribution in [0.25, 0.3) is 0 Å². The van der Waals surface area contributed by atoms with Gasteiger partial charge in [0.05, 0.1) is 25.4 Å². The number of hydrogen-bond acceptors (Lipinski definition) is 11. The van der Waals surface area contributed by atoms with E-state index in [1.54, 1.807) is 30.3 Å². The average molecular weight is 473 g/mol. The van der Waals surface area contributed by atoms with E-state index in [1.807, 2.05) is 0 Å². The van der Waals surface area contributed by atoms with E-state index in [1.165, 1.54) is 0 Å². The number of aliphatic hydroxyl groups excluding tert-OH is 7. The minimum atomic E-state index is -1.64. The summed E-state index contributed by atoms with van der Waals surface area (Å²) in [4.78, 5) is 12.0. The van der Waals surface area contributed by atoms with Gasteiger partial charge in [0, 0.05) is 5.92 Å². The van der Waals surface area contributed by atoms with Crippen molar-refractivity contribution in [2.75, 3.05) is 13.2 Å². The van der Waals surface area contributed by atoms with E-state index in [4.69, 9.17) is 19.9 Å². The van der Waals surface area contributed by atoms with Gasteiger partial charge in [0.1, 0.15) is 36.6 Å². The highest BCUT2D eigenvalue weighted by Crippen LogP contribution is 2.33. The molecule has 1 aliphatic heterocycles. The predicted molar refractivity (Wildman–Crippen MR) is 109 cm³/mol. The lowest BCUT2D eigenvalue weighted by molar-refractivity contribution is -0.307. The van der Waals surface area contributed by atoms with Crippen LogP contribution >= 0.6 is 0 Å². The Bertz CT molecular complexity index is 766. The molecule has 3 rings (SSSR count). The summed E-state index contributed by atoms with van der Waals surface area (Å²) >= 11 is 0. The van der Waals surface area contributed by atoms with Crippen molar-refractivity contribution in [3.63, 3.8) is 0 Å². The summed E-state index contributed by atoms with van der Waals surface area (Å²) in [5.74, 6) is -1.63. The molecular weight excluding hydrogens is 442 g/mol. The Morgan fingerprint density at radius 1 is 0.970 bits per heavy atom. The topological polar surface area (TPSA) is 212 Å². The van der Waals surface area contributed by atoms with E-state index in [2.05, 4.69) is 0 Å². The molecule has 1 heterocycles. The fraction of sp³-hybridized carbons (Fsp3) is 0.667. The standard InChI is InChI=1S/C21H31NO11/c22-20(30)19(9-4-2-1-3-5-9)32-11-6-10(13(24)16(27)14(11)25)8-31-21-18(29)17(28)15(26)12(7-23)33-21/h1-5,10-19,21,23-29H,6-8H2,(H2,22,30)/t10-,11-,12-,13-,14+,15-,16+,17+,18-,19?,21-/m1/s1. The van der Waals surface area contributed by atoms with Crippen LogP contribution in [-0.2, 0) is 19.0 Å². The van der Waals surface area contributed by atoms with Crippen LogP contribution in [0, 0.1) is 5.92 Å². The minimum Gasteiger partial charge on any atom is -0.394 e. The van der Waals surface area contributed by atoms with Gasteiger partial charge in [-0.3, -0.25) is 4.79 Å². The summed E-state index contributed by atoms with van der Waals surface area (Å²) in [6.45, 7) is -0.939. The number of carbonyl (C=O) groups excluding carboxylic acids is 1. The Balaban J connectivity index is 1.68. The first-order valence-electron chi connectivity index (χ1n) is 10.6. The summed E-state index contributed by atoms with van der Waals surface area (Å²) in [6.07, 6.45) is -14.4.